The van der Waals surface area contributed by atoms with E-state index >= 15 is 0 Å². The van der Waals surface area contributed by atoms with Gasteiger partial charge in [-0.15, -0.1) is 0 Å². The van der Waals surface area contributed by atoms with E-state index in [1.165, 1.54) is 0 Å². The number of nitrogens with one attached hydrogen (secondary N) is 1. The molecule has 0 aliphatic heterocycles. The monoisotopic (exact) mass is 305 g/mol. The third-order valence-electron chi connectivity index (χ3n) is 2.30. The molecule has 1 heterocycles. The van der Waals surface area contributed by atoms with Crippen LogP contribution in [0.2, 0.25) is 0 Å². The summed E-state index contributed by atoms with van der Waals surface area (Å²) in [4.78, 5) is 20.2. The fraction of sp³-hybridized carbons (Fsp3) is 0.154. The van der Waals surface area contributed by atoms with Gasteiger partial charge in [0.15, 0.2) is 0 Å². The third-order valence-corrected chi connectivity index (χ3v) is 2.83. The van der Waals surface area contributed by atoms with Gasteiger partial charge >= 0.3 is 0 Å². The SMILES string of the molecule is Cc1cc(C(=O)Nc2ccc(Br)cc2)nc(C)n1. The van der Waals surface area contributed by atoms with E-state index in [0.29, 0.717) is 11.5 Å². The summed E-state index contributed by atoms with van der Waals surface area (Å²) in [6, 6.07) is 9.05. The first kappa shape index (κ1) is 12.7. The first-order valence-electron chi connectivity index (χ1n) is 5.44. The van der Waals surface area contributed by atoms with Crippen molar-refractivity contribution >= 4 is 27.5 Å². The fourth-order valence-electron chi connectivity index (χ4n) is 1.56. The number of anilines is 1. The number of nitrogens with zero attached hydrogens (tertiary/aromatic N) is 2. The second kappa shape index (κ2) is 5.27. The van der Waals surface area contributed by atoms with Gasteiger partial charge in [-0.3, -0.25) is 4.79 Å². The normalized spacial score (nSPS) is 10.2. The summed E-state index contributed by atoms with van der Waals surface area (Å²) in [6.45, 7) is 3.61. The minimum atomic E-state index is -0.231. The number of hydrogen-bond donors (Lipinski definition) is 1. The van der Waals surface area contributed by atoms with Crippen LogP contribution in [0.25, 0.3) is 0 Å². The van der Waals surface area contributed by atoms with Crippen LogP contribution in [0.3, 0.4) is 0 Å². The molecule has 4 nitrogen and oxygen atoms in total. The van der Waals surface area contributed by atoms with Crippen LogP contribution in [-0.2, 0) is 0 Å². The lowest BCUT2D eigenvalue weighted by Crippen LogP contribution is -2.15. The van der Waals surface area contributed by atoms with E-state index in [9.17, 15) is 4.79 Å². The lowest BCUT2D eigenvalue weighted by Gasteiger charge is -2.06. The van der Waals surface area contributed by atoms with Gasteiger partial charge in [0.05, 0.1) is 0 Å². The maximum atomic E-state index is 12.0. The van der Waals surface area contributed by atoms with Crippen molar-refractivity contribution in [3.8, 4) is 0 Å². The maximum absolute atomic E-state index is 12.0. The van der Waals surface area contributed by atoms with Crippen LogP contribution in [0.4, 0.5) is 5.69 Å². The minimum absolute atomic E-state index is 0.231. The summed E-state index contributed by atoms with van der Waals surface area (Å²) in [5.74, 6) is 0.363. The maximum Gasteiger partial charge on any atom is 0.274 e. The molecule has 1 aromatic carbocycles. The second-order valence-corrected chi connectivity index (χ2v) is 4.82. The molecular formula is C13H12BrN3O. The molecule has 1 N–H and O–H groups in total. The van der Waals surface area contributed by atoms with Gasteiger partial charge in [-0.1, -0.05) is 15.9 Å². The molecule has 0 unspecified atom stereocenters. The fourth-order valence-corrected chi connectivity index (χ4v) is 1.83. The smallest absolute Gasteiger partial charge is 0.274 e. The Hall–Kier alpha value is -1.75. The highest BCUT2D eigenvalue weighted by Crippen LogP contribution is 2.14. The van der Waals surface area contributed by atoms with Crippen molar-refractivity contribution in [1.29, 1.82) is 0 Å². The van der Waals surface area contributed by atoms with Gasteiger partial charge in [0.2, 0.25) is 0 Å². The third kappa shape index (κ3) is 3.13. The first-order valence-corrected chi connectivity index (χ1v) is 6.23. The Kier molecular flexibility index (Phi) is 3.72. The quantitative estimate of drug-likeness (QED) is 0.927. The van der Waals surface area contributed by atoms with Crippen LogP contribution in [0.5, 0.6) is 0 Å². The summed E-state index contributed by atoms with van der Waals surface area (Å²) in [5, 5.41) is 2.79. The number of aromatic nitrogens is 2. The highest BCUT2D eigenvalue weighted by Gasteiger charge is 2.09. The zero-order valence-electron chi connectivity index (χ0n) is 10.1. The highest BCUT2D eigenvalue weighted by atomic mass is 79.9. The molecule has 1 aromatic heterocycles. The van der Waals surface area contributed by atoms with Crippen molar-refractivity contribution < 1.29 is 4.79 Å². The second-order valence-electron chi connectivity index (χ2n) is 3.90. The van der Waals surface area contributed by atoms with Gasteiger partial charge in [0.25, 0.3) is 5.91 Å². The molecular weight excluding hydrogens is 294 g/mol. The Morgan fingerprint density at radius 1 is 1.17 bits per heavy atom. The zero-order chi connectivity index (χ0) is 13.1. The molecule has 92 valence electrons. The van der Waals surface area contributed by atoms with Gasteiger partial charge in [0.1, 0.15) is 11.5 Å². The Labute approximate surface area is 114 Å². The average Bonchev–Trinajstić information content (AvgIpc) is 2.31. The molecule has 1 amide bonds. The summed E-state index contributed by atoms with van der Waals surface area (Å²) in [7, 11) is 0. The molecule has 0 aliphatic carbocycles. The van der Waals surface area contributed by atoms with E-state index < -0.39 is 0 Å². The summed E-state index contributed by atoms with van der Waals surface area (Å²) in [5.41, 5.74) is 1.89. The van der Waals surface area contributed by atoms with E-state index in [-0.39, 0.29) is 5.91 Å². The summed E-state index contributed by atoms with van der Waals surface area (Å²) >= 11 is 3.34. The van der Waals surface area contributed by atoms with E-state index in [1.54, 1.807) is 13.0 Å². The summed E-state index contributed by atoms with van der Waals surface area (Å²) in [6.07, 6.45) is 0. The van der Waals surface area contributed by atoms with E-state index in [1.807, 2.05) is 31.2 Å². The molecule has 0 atom stereocenters. The highest BCUT2D eigenvalue weighted by molar-refractivity contribution is 9.10. The number of amides is 1. The topological polar surface area (TPSA) is 54.9 Å². The number of rotatable bonds is 2. The van der Waals surface area contributed by atoms with E-state index in [2.05, 4.69) is 31.2 Å². The van der Waals surface area contributed by atoms with Gasteiger partial charge < -0.3 is 5.32 Å². The van der Waals surface area contributed by atoms with Crippen LogP contribution in [-0.4, -0.2) is 15.9 Å². The van der Waals surface area contributed by atoms with Crippen LogP contribution < -0.4 is 5.32 Å². The van der Waals surface area contributed by atoms with Gasteiger partial charge in [-0.05, 0) is 44.2 Å². The number of benzene rings is 1. The molecule has 18 heavy (non-hydrogen) atoms. The molecule has 0 saturated heterocycles. The van der Waals surface area contributed by atoms with Crippen LogP contribution in [0.1, 0.15) is 22.0 Å². The Bertz CT molecular complexity index is 561. The standard InChI is InChI=1S/C13H12BrN3O/c1-8-7-12(16-9(2)15-8)13(18)17-11-5-3-10(14)4-6-11/h3-7H,1-2H3,(H,17,18). The number of aryl methyl sites for hydroxylation is 2. The number of carbonyl (C=O) groups is 1. The molecule has 5 heteroatoms. The number of carbonyl (C=O) groups excluding carboxylic acids is 1. The first-order chi connectivity index (χ1) is 8.54. The number of halogens is 1. The van der Waals surface area contributed by atoms with Gasteiger partial charge in [-0.2, -0.15) is 0 Å². The molecule has 0 radical (unpaired) electrons. The molecule has 0 bridgehead atoms. The molecule has 2 aromatic rings. The average molecular weight is 306 g/mol. The van der Waals surface area contributed by atoms with E-state index in [0.717, 1.165) is 15.9 Å². The van der Waals surface area contributed by atoms with Crippen molar-refractivity contribution in [2.45, 2.75) is 13.8 Å². The van der Waals surface area contributed by atoms with Crippen molar-refractivity contribution in [2.75, 3.05) is 5.32 Å². The Morgan fingerprint density at radius 3 is 2.44 bits per heavy atom. The van der Waals surface area contributed by atoms with Crippen LogP contribution >= 0.6 is 15.9 Å². The predicted octanol–water partition coefficient (Wildman–Crippen LogP) is 3.11. The van der Waals surface area contributed by atoms with Crippen molar-refractivity contribution in [3.05, 3.63) is 52.0 Å². The van der Waals surface area contributed by atoms with Crippen LogP contribution in [0, 0.1) is 13.8 Å². The Morgan fingerprint density at radius 2 is 1.83 bits per heavy atom. The largest absolute Gasteiger partial charge is 0.321 e. The van der Waals surface area contributed by atoms with Crippen LogP contribution in [0.15, 0.2) is 34.8 Å². The zero-order valence-corrected chi connectivity index (χ0v) is 11.7. The molecule has 0 aliphatic rings. The molecule has 0 saturated carbocycles. The van der Waals surface area contributed by atoms with Crippen molar-refractivity contribution in [1.82, 2.24) is 9.97 Å². The molecule has 2 rings (SSSR count). The lowest BCUT2D eigenvalue weighted by atomic mass is 10.3. The van der Waals surface area contributed by atoms with Crippen molar-refractivity contribution in [2.24, 2.45) is 0 Å². The predicted molar refractivity (Wildman–Crippen MR) is 73.6 cm³/mol. The van der Waals surface area contributed by atoms with Gasteiger partial charge in [-0.25, -0.2) is 9.97 Å². The van der Waals surface area contributed by atoms with Crippen molar-refractivity contribution in [3.63, 3.8) is 0 Å². The Balaban J connectivity index is 2.19. The van der Waals surface area contributed by atoms with E-state index in [4.69, 9.17) is 0 Å². The summed E-state index contributed by atoms with van der Waals surface area (Å²) < 4.78 is 0.967. The minimum Gasteiger partial charge on any atom is -0.321 e. The lowest BCUT2D eigenvalue weighted by molar-refractivity contribution is 0.102. The molecule has 0 spiro atoms. The molecule has 0 fully saturated rings. The van der Waals surface area contributed by atoms with Gasteiger partial charge in [0, 0.05) is 15.9 Å². The number of hydrogen-bond acceptors (Lipinski definition) is 3.